The summed E-state index contributed by atoms with van der Waals surface area (Å²) in [7, 11) is 1.87. The highest BCUT2D eigenvalue weighted by Gasteiger charge is 2.46. The summed E-state index contributed by atoms with van der Waals surface area (Å²) in [5.74, 6) is 0.132. The smallest absolute Gasteiger partial charge is 0.254 e. The zero-order valence-corrected chi connectivity index (χ0v) is 20.5. The van der Waals surface area contributed by atoms with Gasteiger partial charge in [0.1, 0.15) is 0 Å². The number of carbonyl (C=O) groups excluding carboxylic acids is 2. The second-order valence-corrected chi connectivity index (χ2v) is 9.82. The number of aromatic nitrogens is 3. The van der Waals surface area contributed by atoms with Gasteiger partial charge in [-0.2, -0.15) is 5.10 Å². The van der Waals surface area contributed by atoms with Gasteiger partial charge in [0.25, 0.3) is 5.91 Å². The summed E-state index contributed by atoms with van der Waals surface area (Å²) >= 11 is 0. The molecule has 2 aromatic heterocycles. The second-order valence-electron chi connectivity index (χ2n) is 9.82. The molecule has 0 bridgehead atoms. The summed E-state index contributed by atoms with van der Waals surface area (Å²) < 4.78 is 1.73. The Hall–Kier alpha value is -3.48. The molecule has 4 heterocycles. The molecule has 7 nitrogen and oxygen atoms in total. The highest BCUT2D eigenvalue weighted by molar-refractivity contribution is 5.95. The summed E-state index contributed by atoms with van der Waals surface area (Å²) in [6.07, 6.45) is 11.1. The molecule has 2 fully saturated rings. The van der Waals surface area contributed by atoms with Crippen molar-refractivity contribution in [1.29, 1.82) is 0 Å². The van der Waals surface area contributed by atoms with Crippen LogP contribution in [0.1, 0.15) is 54.9 Å². The summed E-state index contributed by atoms with van der Waals surface area (Å²) in [4.78, 5) is 35.4. The molecular weight excluding hydrogens is 438 g/mol. The van der Waals surface area contributed by atoms with Crippen molar-refractivity contribution >= 4 is 11.8 Å². The molecule has 0 N–H and O–H groups in total. The highest BCUT2D eigenvalue weighted by atomic mass is 16.2. The lowest BCUT2D eigenvalue weighted by Crippen LogP contribution is -2.50. The number of fused-ring (bicyclic) bond motifs is 1. The lowest BCUT2D eigenvalue weighted by Gasteiger charge is -2.37. The Bertz CT molecular complexity index is 1190. The monoisotopic (exact) mass is 471 g/mol. The van der Waals surface area contributed by atoms with Crippen molar-refractivity contribution in [3.63, 3.8) is 0 Å². The molecule has 0 saturated carbocycles. The molecule has 0 spiro atoms. The molecule has 182 valence electrons. The van der Waals surface area contributed by atoms with Gasteiger partial charge in [0.2, 0.25) is 5.91 Å². The van der Waals surface area contributed by atoms with Gasteiger partial charge in [0.15, 0.2) is 0 Å². The first-order valence-electron chi connectivity index (χ1n) is 12.6. The van der Waals surface area contributed by atoms with E-state index in [2.05, 4.69) is 27.1 Å². The van der Waals surface area contributed by atoms with Crippen molar-refractivity contribution < 1.29 is 9.59 Å². The zero-order chi connectivity index (χ0) is 24.4. The third-order valence-electron chi connectivity index (χ3n) is 7.45. The topological polar surface area (TPSA) is 71.3 Å². The van der Waals surface area contributed by atoms with Crippen molar-refractivity contribution in [2.45, 2.75) is 63.6 Å². The number of carbonyl (C=O) groups is 2. The SMILES string of the molecule is CC(=O)N1[C@H](Cc2ccccc2)C[C@H]2[C@H]1CCCCCN2C(=O)c1ccnc(-c2cnn(C)c2)c1. The van der Waals surface area contributed by atoms with Gasteiger partial charge in [-0.05, 0) is 43.4 Å². The van der Waals surface area contributed by atoms with Gasteiger partial charge in [-0.3, -0.25) is 19.3 Å². The molecule has 0 unspecified atom stereocenters. The molecule has 3 aromatic rings. The van der Waals surface area contributed by atoms with Crippen LogP contribution in [-0.4, -0.2) is 61.0 Å². The van der Waals surface area contributed by atoms with Crippen molar-refractivity contribution in [2.24, 2.45) is 7.05 Å². The van der Waals surface area contributed by atoms with E-state index in [9.17, 15) is 9.59 Å². The predicted molar refractivity (Wildman–Crippen MR) is 135 cm³/mol. The molecule has 7 heteroatoms. The van der Waals surface area contributed by atoms with Crippen molar-refractivity contribution in [3.05, 3.63) is 72.2 Å². The predicted octanol–water partition coefficient (Wildman–Crippen LogP) is 4.10. The van der Waals surface area contributed by atoms with Gasteiger partial charge in [-0.15, -0.1) is 0 Å². The van der Waals surface area contributed by atoms with E-state index >= 15 is 0 Å². The standard InChI is InChI=1S/C28H33N5O2/c1-20(34)33-24(15-21-9-5-3-6-10-21)17-27-26(33)11-7-4-8-14-32(27)28(35)22-12-13-29-25(16-22)23-18-30-31(2)19-23/h3,5-6,9-10,12-13,16,18-19,24,26-27H,4,7-8,11,14-15,17H2,1-2H3/t24-,26-,27+/m1/s1. The number of amides is 2. The van der Waals surface area contributed by atoms with Crippen LogP contribution in [0.3, 0.4) is 0 Å². The maximum Gasteiger partial charge on any atom is 0.254 e. The Morgan fingerprint density at radius 2 is 1.89 bits per heavy atom. The minimum Gasteiger partial charge on any atom is -0.334 e. The van der Waals surface area contributed by atoms with E-state index in [1.807, 2.05) is 42.4 Å². The fourth-order valence-electron chi connectivity index (χ4n) is 5.90. The Balaban J connectivity index is 1.44. The fourth-order valence-corrected chi connectivity index (χ4v) is 5.90. The first-order valence-corrected chi connectivity index (χ1v) is 12.6. The van der Waals surface area contributed by atoms with Crippen LogP contribution >= 0.6 is 0 Å². The Morgan fingerprint density at radius 1 is 1.06 bits per heavy atom. The molecule has 0 radical (unpaired) electrons. The molecule has 2 amide bonds. The fraction of sp³-hybridized carbons (Fsp3) is 0.429. The van der Waals surface area contributed by atoms with Gasteiger partial charge in [0, 0.05) is 50.1 Å². The number of hydrogen-bond acceptors (Lipinski definition) is 4. The lowest BCUT2D eigenvalue weighted by atomic mass is 9.95. The first kappa shape index (κ1) is 23.3. The normalized spacial score (nSPS) is 22.4. The molecular formula is C28H33N5O2. The van der Waals surface area contributed by atoms with Crippen LogP contribution in [0.4, 0.5) is 0 Å². The number of benzene rings is 1. The lowest BCUT2D eigenvalue weighted by molar-refractivity contribution is -0.132. The van der Waals surface area contributed by atoms with Crippen molar-refractivity contribution in [1.82, 2.24) is 24.6 Å². The van der Waals surface area contributed by atoms with E-state index in [4.69, 9.17) is 0 Å². The number of likely N-dealkylation sites (tertiary alicyclic amines) is 2. The second kappa shape index (κ2) is 10.0. The maximum absolute atomic E-state index is 13.9. The molecule has 2 aliphatic heterocycles. The number of pyridine rings is 1. The quantitative estimate of drug-likeness (QED) is 0.574. The molecule has 5 rings (SSSR count). The van der Waals surface area contributed by atoms with E-state index in [0.29, 0.717) is 12.1 Å². The van der Waals surface area contributed by atoms with Crippen LogP contribution in [-0.2, 0) is 18.3 Å². The van der Waals surface area contributed by atoms with E-state index in [0.717, 1.165) is 49.8 Å². The van der Waals surface area contributed by atoms with E-state index in [1.54, 1.807) is 30.1 Å². The van der Waals surface area contributed by atoms with Gasteiger partial charge in [-0.25, -0.2) is 0 Å². The van der Waals surface area contributed by atoms with Crippen LogP contribution in [0.15, 0.2) is 61.1 Å². The first-order chi connectivity index (χ1) is 17.0. The van der Waals surface area contributed by atoms with Crippen LogP contribution in [0.25, 0.3) is 11.3 Å². The number of hydrogen-bond donors (Lipinski definition) is 0. The Morgan fingerprint density at radius 3 is 2.63 bits per heavy atom. The van der Waals surface area contributed by atoms with Gasteiger partial charge in [0.05, 0.1) is 24.0 Å². The summed E-state index contributed by atoms with van der Waals surface area (Å²) in [5, 5.41) is 4.24. The van der Waals surface area contributed by atoms with Gasteiger partial charge < -0.3 is 9.80 Å². The van der Waals surface area contributed by atoms with Gasteiger partial charge in [-0.1, -0.05) is 43.2 Å². The van der Waals surface area contributed by atoms with Gasteiger partial charge >= 0.3 is 0 Å². The average Bonchev–Trinajstić information content (AvgIpc) is 3.43. The van der Waals surface area contributed by atoms with Crippen LogP contribution in [0.5, 0.6) is 0 Å². The maximum atomic E-state index is 13.9. The minimum atomic E-state index is 0.0235. The summed E-state index contributed by atoms with van der Waals surface area (Å²) in [5.41, 5.74) is 3.50. The van der Waals surface area contributed by atoms with Crippen molar-refractivity contribution in [3.8, 4) is 11.3 Å². The van der Waals surface area contributed by atoms with E-state index < -0.39 is 0 Å². The van der Waals surface area contributed by atoms with Crippen LogP contribution < -0.4 is 0 Å². The third kappa shape index (κ3) is 4.85. The average molecular weight is 472 g/mol. The summed E-state index contributed by atoms with van der Waals surface area (Å²) in [6, 6.07) is 14.2. The zero-order valence-electron chi connectivity index (χ0n) is 20.5. The van der Waals surface area contributed by atoms with E-state index in [-0.39, 0.29) is 29.9 Å². The Kier molecular flexibility index (Phi) is 6.66. The van der Waals surface area contributed by atoms with E-state index in [1.165, 1.54) is 5.56 Å². The molecule has 2 aliphatic rings. The Labute approximate surface area is 206 Å². The van der Waals surface area contributed by atoms with Crippen LogP contribution in [0.2, 0.25) is 0 Å². The number of aryl methyl sites for hydroxylation is 1. The summed E-state index contributed by atoms with van der Waals surface area (Å²) in [6.45, 7) is 2.39. The molecule has 3 atom stereocenters. The molecule has 1 aromatic carbocycles. The highest BCUT2D eigenvalue weighted by Crippen LogP contribution is 2.36. The molecule has 2 saturated heterocycles. The minimum absolute atomic E-state index is 0.0235. The number of rotatable bonds is 4. The number of nitrogens with zero attached hydrogens (tertiary/aromatic N) is 5. The molecule has 35 heavy (non-hydrogen) atoms. The third-order valence-corrected chi connectivity index (χ3v) is 7.45. The largest absolute Gasteiger partial charge is 0.334 e. The van der Waals surface area contributed by atoms with Crippen LogP contribution in [0, 0.1) is 0 Å². The van der Waals surface area contributed by atoms with Crippen molar-refractivity contribution in [2.75, 3.05) is 6.54 Å². The molecule has 0 aliphatic carbocycles.